The number of hydrogen-bond donors (Lipinski definition) is 0. The Bertz CT molecular complexity index is 758. The molecule has 2 aromatic rings. The summed E-state index contributed by atoms with van der Waals surface area (Å²) in [5.41, 5.74) is 2.05. The number of fused-ring (bicyclic) bond motifs is 1. The minimum absolute atomic E-state index is 0.0163. The Balaban J connectivity index is 1.77. The molecular weight excluding hydrogens is 340 g/mol. The van der Waals surface area contributed by atoms with Crippen LogP contribution in [-0.2, 0) is 17.8 Å². The first-order chi connectivity index (χ1) is 13.1. The lowest BCUT2D eigenvalue weighted by Crippen LogP contribution is -2.47. The van der Waals surface area contributed by atoms with Crippen molar-refractivity contribution in [3.05, 3.63) is 59.7 Å². The van der Waals surface area contributed by atoms with E-state index in [-0.39, 0.29) is 11.9 Å². The summed E-state index contributed by atoms with van der Waals surface area (Å²) in [6.07, 6.45) is 0.374. The summed E-state index contributed by atoms with van der Waals surface area (Å²) in [6.45, 7) is 4.44. The minimum atomic E-state index is 0.0163. The summed E-state index contributed by atoms with van der Waals surface area (Å²) < 4.78 is 11.5. The Hall–Kier alpha value is -2.53. The number of benzene rings is 2. The van der Waals surface area contributed by atoms with Crippen LogP contribution in [0.3, 0.4) is 0 Å². The predicted molar refractivity (Wildman–Crippen MR) is 106 cm³/mol. The summed E-state index contributed by atoms with van der Waals surface area (Å²) in [5.74, 6) is 1.82. The van der Waals surface area contributed by atoms with Gasteiger partial charge in [-0.05, 0) is 44.8 Å². The molecule has 1 aliphatic heterocycles. The van der Waals surface area contributed by atoms with Crippen LogP contribution in [0.1, 0.15) is 18.1 Å². The Labute approximate surface area is 161 Å². The van der Waals surface area contributed by atoms with E-state index in [0.29, 0.717) is 26.2 Å². The third-order valence-corrected chi connectivity index (χ3v) is 4.67. The highest BCUT2D eigenvalue weighted by Gasteiger charge is 2.29. The zero-order valence-electron chi connectivity index (χ0n) is 16.4. The lowest BCUT2D eigenvalue weighted by Gasteiger charge is -2.31. The number of carbonyl (C=O) groups excluding carboxylic acids is 1. The second-order valence-corrected chi connectivity index (χ2v) is 7.11. The van der Waals surface area contributed by atoms with Crippen LogP contribution in [0.5, 0.6) is 11.5 Å². The van der Waals surface area contributed by atoms with Crippen molar-refractivity contribution in [3.8, 4) is 11.5 Å². The van der Waals surface area contributed by atoms with Crippen LogP contribution in [0, 0.1) is 0 Å². The number of para-hydroxylation sites is 1. The van der Waals surface area contributed by atoms with Crippen LogP contribution in [-0.4, -0.2) is 55.6 Å². The number of likely N-dealkylation sites (N-methyl/N-ethyl adjacent to an activating group) is 1. The van der Waals surface area contributed by atoms with Crippen LogP contribution in [0.25, 0.3) is 0 Å². The average molecular weight is 368 g/mol. The first-order valence-corrected chi connectivity index (χ1v) is 9.43. The van der Waals surface area contributed by atoms with E-state index in [0.717, 1.165) is 29.2 Å². The molecule has 0 unspecified atom stereocenters. The van der Waals surface area contributed by atoms with Gasteiger partial charge in [-0.3, -0.25) is 4.79 Å². The summed E-state index contributed by atoms with van der Waals surface area (Å²) in [7, 11) is 4.04. The largest absolute Gasteiger partial charge is 0.494 e. The third kappa shape index (κ3) is 5.01. The monoisotopic (exact) mass is 368 g/mol. The van der Waals surface area contributed by atoms with Crippen LogP contribution < -0.4 is 9.47 Å². The van der Waals surface area contributed by atoms with Gasteiger partial charge < -0.3 is 19.3 Å². The van der Waals surface area contributed by atoms with Gasteiger partial charge in [0.25, 0.3) is 0 Å². The fourth-order valence-electron chi connectivity index (χ4n) is 3.37. The van der Waals surface area contributed by atoms with Crippen molar-refractivity contribution < 1.29 is 14.3 Å². The fraction of sp³-hybridized carbons (Fsp3) is 0.409. The fourth-order valence-corrected chi connectivity index (χ4v) is 3.37. The molecule has 1 aliphatic rings. The number of hydrogen-bond acceptors (Lipinski definition) is 4. The molecule has 1 heterocycles. The molecule has 27 heavy (non-hydrogen) atoms. The molecule has 0 bridgehead atoms. The van der Waals surface area contributed by atoms with E-state index in [4.69, 9.17) is 9.47 Å². The van der Waals surface area contributed by atoms with Gasteiger partial charge in [0, 0.05) is 18.7 Å². The molecule has 0 aromatic heterocycles. The quantitative estimate of drug-likeness (QED) is 0.786. The molecule has 0 saturated heterocycles. The van der Waals surface area contributed by atoms with Crippen molar-refractivity contribution in [1.29, 1.82) is 0 Å². The molecule has 0 radical (unpaired) electrons. The summed E-state index contributed by atoms with van der Waals surface area (Å²) in [5, 5.41) is 0. The second kappa shape index (κ2) is 8.91. The molecular formula is C22H28N2O3. The molecule has 3 rings (SSSR count). The standard InChI is InChI=1S/C22H28N2O3/c1-4-26-20-11-9-17(10-12-20)13-22(25)24-14-18-7-5-6-8-21(18)27-16-19(24)15-23(2)3/h5-12,19H,4,13-16H2,1-3H3/t19-/m1/s1. The molecule has 0 spiro atoms. The molecule has 0 fully saturated rings. The maximum absolute atomic E-state index is 13.2. The van der Waals surface area contributed by atoms with E-state index in [1.54, 1.807) is 0 Å². The molecule has 1 atom stereocenters. The lowest BCUT2D eigenvalue weighted by atomic mass is 10.1. The molecule has 2 aromatic carbocycles. The van der Waals surface area contributed by atoms with Gasteiger partial charge in [0.15, 0.2) is 0 Å². The minimum Gasteiger partial charge on any atom is -0.494 e. The number of ether oxygens (including phenoxy) is 2. The predicted octanol–water partition coefficient (Wildman–Crippen LogP) is 2.98. The van der Waals surface area contributed by atoms with Gasteiger partial charge in [-0.2, -0.15) is 0 Å². The molecule has 0 saturated carbocycles. The van der Waals surface area contributed by atoms with E-state index in [1.807, 2.05) is 74.4 Å². The molecule has 0 N–H and O–H groups in total. The van der Waals surface area contributed by atoms with E-state index in [9.17, 15) is 4.79 Å². The van der Waals surface area contributed by atoms with Gasteiger partial charge in [-0.25, -0.2) is 0 Å². The summed E-state index contributed by atoms with van der Waals surface area (Å²) in [4.78, 5) is 17.2. The molecule has 0 aliphatic carbocycles. The van der Waals surface area contributed by atoms with Gasteiger partial charge in [-0.15, -0.1) is 0 Å². The first kappa shape index (κ1) is 19.2. The average Bonchev–Trinajstić information content (AvgIpc) is 2.83. The zero-order chi connectivity index (χ0) is 19.2. The normalized spacial score (nSPS) is 16.4. The van der Waals surface area contributed by atoms with Crippen LogP contribution in [0.4, 0.5) is 0 Å². The van der Waals surface area contributed by atoms with Crippen molar-refractivity contribution in [2.24, 2.45) is 0 Å². The van der Waals surface area contributed by atoms with Gasteiger partial charge in [0.2, 0.25) is 5.91 Å². The van der Waals surface area contributed by atoms with Crippen molar-refractivity contribution in [3.63, 3.8) is 0 Å². The first-order valence-electron chi connectivity index (χ1n) is 9.43. The van der Waals surface area contributed by atoms with Crippen LogP contribution in [0.15, 0.2) is 48.5 Å². The van der Waals surface area contributed by atoms with Crippen molar-refractivity contribution in [1.82, 2.24) is 9.80 Å². The Morgan fingerprint density at radius 1 is 1.19 bits per heavy atom. The van der Waals surface area contributed by atoms with E-state index < -0.39 is 0 Å². The van der Waals surface area contributed by atoms with Crippen molar-refractivity contribution in [2.45, 2.75) is 25.9 Å². The smallest absolute Gasteiger partial charge is 0.227 e. The van der Waals surface area contributed by atoms with Gasteiger partial charge >= 0.3 is 0 Å². The van der Waals surface area contributed by atoms with Crippen LogP contribution in [0.2, 0.25) is 0 Å². The number of carbonyl (C=O) groups is 1. The van der Waals surface area contributed by atoms with Crippen LogP contribution >= 0.6 is 0 Å². The maximum atomic E-state index is 13.2. The summed E-state index contributed by atoms with van der Waals surface area (Å²) >= 11 is 0. The number of amides is 1. The summed E-state index contributed by atoms with van der Waals surface area (Å²) in [6, 6.07) is 15.8. The third-order valence-electron chi connectivity index (χ3n) is 4.67. The Morgan fingerprint density at radius 3 is 2.63 bits per heavy atom. The topological polar surface area (TPSA) is 42.0 Å². The highest BCUT2D eigenvalue weighted by molar-refractivity contribution is 5.79. The van der Waals surface area contributed by atoms with E-state index >= 15 is 0 Å². The lowest BCUT2D eigenvalue weighted by molar-refractivity contribution is -0.134. The highest BCUT2D eigenvalue weighted by atomic mass is 16.5. The highest BCUT2D eigenvalue weighted by Crippen LogP contribution is 2.25. The number of rotatable bonds is 6. The van der Waals surface area contributed by atoms with Crippen molar-refractivity contribution >= 4 is 5.91 Å². The van der Waals surface area contributed by atoms with Gasteiger partial charge in [-0.1, -0.05) is 30.3 Å². The van der Waals surface area contributed by atoms with Gasteiger partial charge in [0.05, 0.1) is 19.1 Å². The molecule has 1 amide bonds. The Morgan fingerprint density at radius 2 is 1.93 bits per heavy atom. The molecule has 144 valence electrons. The zero-order valence-corrected chi connectivity index (χ0v) is 16.4. The van der Waals surface area contributed by atoms with Crippen molar-refractivity contribution in [2.75, 3.05) is 33.9 Å². The SMILES string of the molecule is CCOc1ccc(CC(=O)N2Cc3ccccc3OC[C@H]2CN(C)C)cc1. The number of nitrogens with zero attached hydrogens (tertiary/aromatic N) is 2. The second-order valence-electron chi connectivity index (χ2n) is 7.11. The van der Waals surface area contributed by atoms with E-state index in [1.165, 1.54) is 0 Å². The molecule has 5 heteroatoms. The van der Waals surface area contributed by atoms with E-state index in [2.05, 4.69) is 4.90 Å². The Kier molecular flexibility index (Phi) is 6.35. The maximum Gasteiger partial charge on any atom is 0.227 e. The van der Waals surface area contributed by atoms with Gasteiger partial charge in [0.1, 0.15) is 18.1 Å². The molecule has 5 nitrogen and oxygen atoms in total.